The Balaban J connectivity index is 2.44. The minimum absolute atomic E-state index is 0.343. The number of nitrogens with one attached hydrogen (secondary N) is 1. The van der Waals surface area contributed by atoms with E-state index < -0.39 is 23.3 Å². The summed E-state index contributed by atoms with van der Waals surface area (Å²) >= 11 is 0. The molecule has 0 aliphatic carbocycles. The van der Waals surface area contributed by atoms with Crippen molar-refractivity contribution >= 4 is 23.5 Å². The number of barbiturate groups is 1. The molecule has 0 bridgehead atoms. The molecule has 0 saturated carbocycles. The highest BCUT2D eigenvalue weighted by atomic mass is 16.2. The van der Waals surface area contributed by atoms with E-state index in [1.165, 1.54) is 30.9 Å². The van der Waals surface area contributed by atoms with Crippen molar-refractivity contribution in [3.05, 3.63) is 12.4 Å². The summed E-state index contributed by atoms with van der Waals surface area (Å²) in [7, 11) is 1.67. The third-order valence-corrected chi connectivity index (χ3v) is 2.68. The second kappa shape index (κ2) is 3.41. The number of hydrogen-bond acceptors (Lipinski definition) is 4. The van der Waals surface area contributed by atoms with Crippen LogP contribution in [0.3, 0.4) is 0 Å². The smallest absolute Gasteiger partial charge is 0.276 e. The van der Waals surface area contributed by atoms with Crippen molar-refractivity contribution in [3.63, 3.8) is 0 Å². The molecule has 1 aromatic heterocycles. The van der Waals surface area contributed by atoms with Gasteiger partial charge >= 0.3 is 6.03 Å². The number of urea groups is 1. The van der Waals surface area contributed by atoms with Crippen LogP contribution in [-0.4, -0.2) is 27.6 Å². The van der Waals surface area contributed by atoms with Gasteiger partial charge < -0.3 is 0 Å². The first-order valence-corrected chi connectivity index (χ1v) is 5.02. The molecule has 1 aliphatic heterocycles. The number of aromatic nitrogens is 2. The molecule has 1 aliphatic rings. The lowest BCUT2D eigenvalue weighted by atomic mass is 9.89. The van der Waals surface area contributed by atoms with Gasteiger partial charge in [-0.05, 0) is 13.8 Å². The number of hydrogen-bond donors (Lipinski definition) is 1. The fraction of sp³-hybridized carbons (Fsp3) is 0.400. The van der Waals surface area contributed by atoms with Crippen LogP contribution in [-0.2, 0) is 16.6 Å². The van der Waals surface area contributed by atoms with Crippen molar-refractivity contribution in [1.29, 1.82) is 0 Å². The Morgan fingerprint density at radius 1 is 1.29 bits per heavy atom. The van der Waals surface area contributed by atoms with Crippen molar-refractivity contribution in [2.75, 3.05) is 4.90 Å². The van der Waals surface area contributed by atoms with Crippen molar-refractivity contribution in [2.24, 2.45) is 12.5 Å². The van der Waals surface area contributed by atoms with Gasteiger partial charge in [-0.2, -0.15) is 5.10 Å². The molecule has 2 heterocycles. The van der Waals surface area contributed by atoms with Crippen molar-refractivity contribution in [2.45, 2.75) is 13.8 Å². The SMILES string of the molecule is Cn1cc(N2C(=O)NC(=O)C(C)(C)C2=O)cn1. The third-order valence-electron chi connectivity index (χ3n) is 2.68. The summed E-state index contributed by atoms with van der Waals surface area (Å²) in [5, 5.41) is 6.03. The van der Waals surface area contributed by atoms with Gasteiger partial charge in [-0.15, -0.1) is 0 Å². The molecule has 1 aromatic rings. The predicted octanol–water partition coefficient (Wildman–Crippen LogP) is 0.0291. The van der Waals surface area contributed by atoms with Gasteiger partial charge in [0.1, 0.15) is 5.41 Å². The minimum Gasteiger partial charge on any atom is -0.276 e. The summed E-state index contributed by atoms with van der Waals surface area (Å²) in [5.74, 6) is -1.15. The molecule has 0 aromatic carbocycles. The maximum Gasteiger partial charge on any atom is 0.335 e. The average molecular weight is 236 g/mol. The molecule has 1 fully saturated rings. The molecule has 0 spiro atoms. The Labute approximate surface area is 97.4 Å². The van der Waals surface area contributed by atoms with Gasteiger partial charge in [0.2, 0.25) is 11.8 Å². The van der Waals surface area contributed by atoms with Crippen LogP contribution in [0.1, 0.15) is 13.8 Å². The van der Waals surface area contributed by atoms with Gasteiger partial charge in [-0.25, -0.2) is 9.69 Å². The van der Waals surface area contributed by atoms with Crippen LogP contribution in [0.15, 0.2) is 12.4 Å². The van der Waals surface area contributed by atoms with E-state index in [2.05, 4.69) is 10.4 Å². The molecule has 2 rings (SSSR count). The van der Waals surface area contributed by atoms with Crippen LogP contribution in [0, 0.1) is 5.41 Å². The van der Waals surface area contributed by atoms with Crippen LogP contribution in [0.25, 0.3) is 0 Å². The normalized spacial score (nSPS) is 19.5. The fourth-order valence-corrected chi connectivity index (χ4v) is 1.54. The van der Waals surface area contributed by atoms with E-state index in [0.717, 1.165) is 4.90 Å². The number of imide groups is 2. The highest BCUT2D eigenvalue weighted by molar-refractivity contribution is 6.29. The van der Waals surface area contributed by atoms with Gasteiger partial charge in [-0.3, -0.25) is 19.6 Å². The molecule has 0 unspecified atom stereocenters. The topological polar surface area (TPSA) is 84.3 Å². The maximum atomic E-state index is 12.1. The summed E-state index contributed by atoms with van der Waals surface area (Å²) in [4.78, 5) is 36.2. The van der Waals surface area contributed by atoms with E-state index in [-0.39, 0.29) is 0 Å². The Bertz CT molecular complexity index is 517. The van der Waals surface area contributed by atoms with Gasteiger partial charge in [0.15, 0.2) is 0 Å². The third kappa shape index (κ3) is 1.59. The fourth-order valence-electron chi connectivity index (χ4n) is 1.54. The van der Waals surface area contributed by atoms with Crippen molar-refractivity contribution in [1.82, 2.24) is 15.1 Å². The van der Waals surface area contributed by atoms with Gasteiger partial charge in [-0.1, -0.05) is 0 Å². The molecule has 90 valence electrons. The number of nitrogens with zero attached hydrogens (tertiary/aromatic N) is 3. The highest BCUT2D eigenvalue weighted by Gasteiger charge is 2.47. The Kier molecular flexibility index (Phi) is 2.27. The van der Waals surface area contributed by atoms with E-state index in [9.17, 15) is 14.4 Å². The van der Waals surface area contributed by atoms with Crippen molar-refractivity contribution in [3.8, 4) is 0 Å². The molecule has 17 heavy (non-hydrogen) atoms. The zero-order valence-corrected chi connectivity index (χ0v) is 9.72. The van der Waals surface area contributed by atoms with Crippen LogP contribution in [0.2, 0.25) is 0 Å². The van der Waals surface area contributed by atoms with Crippen molar-refractivity contribution < 1.29 is 14.4 Å². The highest BCUT2D eigenvalue weighted by Crippen LogP contribution is 2.27. The summed E-state index contributed by atoms with van der Waals surface area (Å²) < 4.78 is 1.47. The lowest BCUT2D eigenvalue weighted by molar-refractivity contribution is -0.140. The summed E-state index contributed by atoms with van der Waals surface area (Å²) in [6.07, 6.45) is 2.92. The number of carbonyl (C=O) groups excluding carboxylic acids is 3. The molecule has 1 saturated heterocycles. The maximum absolute atomic E-state index is 12.1. The Morgan fingerprint density at radius 2 is 1.94 bits per heavy atom. The molecular weight excluding hydrogens is 224 g/mol. The number of aryl methyl sites for hydroxylation is 1. The Hall–Kier alpha value is -2.18. The summed E-state index contributed by atoms with van der Waals surface area (Å²) in [6.45, 7) is 2.95. The lowest BCUT2D eigenvalue weighted by Crippen LogP contribution is -2.62. The zero-order chi connectivity index (χ0) is 12.8. The first-order chi connectivity index (χ1) is 7.84. The minimum atomic E-state index is -1.26. The van der Waals surface area contributed by atoms with Crippen LogP contribution in [0.4, 0.5) is 10.5 Å². The standard InChI is InChI=1S/C10H12N4O3/c1-10(2)7(15)12-9(17)14(8(10)16)6-4-11-13(3)5-6/h4-5H,1-3H3,(H,12,15,17). The van der Waals surface area contributed by atoms with E-state index in [4.69, 9.17) is 0 Å². The monoisotopic (exact) mass is 236 g/mol. The summed E-state index contributed by atoms with van der Waals surface area (Å²) in [6, 6.07) is -0.743. The molecule has 0 radical (unpaired) electrons. The first kappa shape index (κ1) is 11.3. The molecule has 4 amide bonds. The lowest BCUT2D eigenvalue weighted by Gasteiger charge is -2.33. The van der Waals surface area contributed by atoms with Gasteiger partial charge in [0.05, 0.1) is 11.9 Å². The van der Waals surface area contributed by atoms with Crippen LogP contribution < -0.4 is 10.2 Å². The predicted molar refractivity (Wildman–Crippen MR) is 58.0 cm³/mol. The van der Waals surface area contributed by atoms with E-state index in [0.29, 0.717) is 5.69 Å². The Morgan fingerprint density at radius 3 is 2.47 bits per heavy atom. The quantitative estimate of drug-likeness (QED) is 0.697. The number of anilines is 1. The second-order valence-corrected chi connectivity index (χ2v) is 4.40. The molecule has 1 N–H and O–H groups in total. The van der Waals surface area contributed by atoms with Crippen LogP contribution in [0.5, 0.6) is 0 Å². The first-order valence-electron chi connectivity index (χ1n) is 5.02. The second-order valence-electron chi connectivity index (χ2n) is 4.40. The summed E-state index contributed by atoms with van der Waals surface area (Å²) in [5.41, 5.74) is -0.917. The number of carbonyl (C=O) groups is 3. The molecule has 7 nitrogen and oxygen atoms in total. The largest absolute Gasteiger partial charge is 0.335 e. The van der Waals surface area contributed by atoms with Gasteiger partial charge in [0.25, 0.3) is 0 Å². The van der Waals surface area contributed by atoms with E-state index >= 15 is 0 Å². The van der Waals surface area contributed by atoms with E-state index in [1.807, 2.05) is 0 Å². The zero-order valence-electron chi connectivity index (χ0n) is 9.72. The molecule has 0 atom stereocenters. The van der Waals surface area contributed by atoms with Gasteiger partial charge in [0, 0.05) is 13.2 Å². The molecular formula is C10H12N4O3. The van der Waals surface area contributed by atoms with E-state index in [1.54, 1.807) is 7.05 Å². The molecule has 7 heteroatoms. The van der Waals surface area contributed by atoms with Crippen LogP contribution >= 0.6 is 0 Å². The number of amides is 4. The number of rotatable bonds is 1. The average Bonchev–Trinajstić information content (AvgIpc) is 2.63.